The molecule has 0 aromatic rings. The maximum Gasteiger partial charge on any atom is -0.0440 e. The molecule has 0 spiro atoms. The lowest BCUT2D eigenvalue weighted by Gasteiger charge is -2.21. The van der Waals surface area contributed by atoms with Crippen molar-refractivity contribution in [2.75, 3.05) is 0 Å². The molecule has 2 atom stereocenters. The van der Waals surface area contributed by atoms with Gasteiger partial charge in [0, 0.05) is 0 Å². The molecular weight excluding hydrogens is 156 g/mol. The minimum Gasteiger partial charge on any atom is -0.0625 e. The first-order valence-electron chi connectivity index (χ1n) is 6.18. The van der Waals surface area contributed by atoms with Gasteiger partial charge in [0.2, 0.25) is 0 Å². The fourth-order valence-corrected chi connectivity index (χ4v) is 2.70. The summed E-state index contributed by atoms with van der Waals surface area (Å²) in [6, 6.07) is 0. The highest BCUT2D eigenvalue weighted by atomic mass is 14.2. The molecule has 0 bridgehead atoms. The largest absolute Gasteiger partial charge is 0.0625 e. The quantitative estimate of drug-likeness (QED) is 0.512. The predicted octanol–water partition coefficient (Wildman–Crippen LogP) is 4.64. The fourth-order valence-electron chi connectivity index (χ4n) is 2.70. The van der Waals surface area contributed by atoms with E-state index < -0.39 is 0 Å². The highest BCUT2D eigenvalue weighted by molar-refractivity contribution is 4.65. The van der Waals surface area contributed by atoms with Gasteiger partial charge in [-0.25, -0.2) is 0 Å². The number of rotatable bonds is 0. The minimum atomic E-state index is 0.972. The third kappa shape index (κ3) is 4.69. The summed E-state index contributed by atoms with van der Waals surface area (Å²) in [5.74, 6) is 2.93. The van der Waals surface area contributed by atoms with Crippen molar-refractivity contribution in [1.82, 2.24) is 0 Å². The first-order chi connectivity index (χ1) is 6.18. The summed E-state index contributed by atoms with van der Waals surface area (Å²) in [5.41, 5.74) is 0. The molecule has 2 unspecified atom stereocenters. The SMILES string of the molecule is CC1CCCC(C)CC(C)CCC1. The van der Waals surface area contributed by atoms with Gasteiger partial charge in [-0.2, -0.15) is 0 Å². The van der Waals surface area contributed by atoms with Crippen molar-refractivity contribution in [1.29, 1.82) is 0 Å². The zero-order valence-electron chi connectivity index (χ0n) is 9.68. The predicted molar refractivity (Wildman–Crippen MR) is 59.8 cm³/mol. The molecular formula is C13H26. The molecule has 0 nitrogen and oxygen atoms in total. The Morgan fingerprint density at radius 3 is 1.46 bits per heavy atom. The van der Waals surface area contributed by atoms with Crippen LogP contribution in [0, 0.1) is 17.8 Å². The van der Waals surface area contributed by atoms with Gasteiger partial charge in [0.15, 0.2) is 0 Å². The molecule has 0 N–H and O–H groups in total. The van der Waals surface area contributed by atoms with E-state index in [4.69, 9.17) is 0 Å². The molecule has 0 aromatic heterocycles. The molecule has 1 fully saturated rings. The van der Waals surface area contributed by atoms with E-state index in [1.807, 2.05) is 0 Å². The van der Waals surface area contributed by atoms with Crippen LogP contribution < -0.4 is 0 Å². The summed E-state index contributed by atoms with van der Waals surface area (Å²) in [5, 5.41) is 0. The summed E-state index contributed by atoms with van der Waals surface area (Å²) in [6.45, 7) is 7.29. The molecule has 0 radical (unpaired) electrons. The average molecular weight is 182 g/mol. The Kier molecular flexibility index (Phi) is 4.83. The van der Waals surface area contributed by atoms with Gasteiger partial charge >= 0.3 is 0 Å². The van der Waals surface area contributed by atoms with Crippen molar-refractivity contribution in [3.8, 4) is 0 Å². The van der Waals surface area contributed by atoms with Crippen LogP contribution in [0.1, 0.15) is 65.7 Å². The van der Waals surface area contributed by atoms with Crippen molar-refractivity contribution in [3.63, 3.8) is 0 Å². The van der Waals surface area contributed by atoms with Crippen LogP contribution in [0.2, 0.25) is 0 Å². The normalized spacial score (nSPS) is 38.5. The lowest BCUT2D eigenvalue weighted by Crippen LogP contribution is -2.07. The Morgan fingerprint density at radius 2 is 1.00 bits per heavy atom. The van der Waals surface area contributed by atoms with E-state index in [0.717, 1.165) is 17.8 Å². The standard InChI is InChI=1S/C13H26/c1-11-6-4-8-12(2)10-13(3)9-5-7-11/h11-13H,4-10H2,1-3H3. The molecule has 0 aromatic carbocycles. The third-order valence-electron chi connectivity index (χ3n) is 3.59. The van der Waals surface area contributed by atoms with Gasteiger partial charge in [-0.3, -0.25) is 0 Å². The molecule has 1 aliphatic rings. The highest BCUT2D eigenvalue weighted by Gasteiger charge is 2.12. The van der Waals surface area contributed by atoms with Gasteiger partial charge in [0.05, 0.1) is 0 Å². The van der Waals surface area contributed by atoms with E-state index >= 15 is 0 Å². The molecule has 0 heterocycles. The number of hydrogen-bond acceptors (Lipinski definition) is 0. The second-order valence-corrected chi connectivity index (χ2v) is 5.41. The van der Waals surface area contributed by atoms with E-state index in [1.165, 1.54) is 44.9 Å². The summed E-state index contributed by atoms with van der Waals surface area (Å²) in [7, 11) is 0. The van der Waals surface area contributed by atoms with Crippen molar-refractivity contribution in [2.24, 2.45) is 17.8 Å². The van der Waals surface area contributed by atoms with E-state index in [0.29, 0.717) is 0 Å². The van der Waals surface area contributed by atoms with Crippen LogP contribution in [0.4, 0.5) is 0 Å². The van der Waals surface area contributed by atoms with Gasteiger partial charge in [-0.1, -0.05) is 59.3 Å². The van der Waals surface area contributed by atoms with Gasteiger partial charge in [-0.15, -0.1) is 0 Å². The van der Waals surface area contributed by atoms with E-state index in [1.54, 1.807) is 0 Å². The van der Waals surface area contributed by atoms with Crippen LogP contribution >= 0.6 is 0 Å². The topological polar surface area (TPSA) is 0 Å². The lowest BCUT2D eigenvalue weighted by atomic mass is 9.85. The molecule has 1 saturated carbocycles. The molecule has 0 heteroatoms. The van der Waals surface area contributed by atoms with Crippen LogP contribution in [-0.2, 0) is 0 Å². The second-order valence-electron chi connectivity index (χ2n) is 5.41. The Bertz CT molecular complexity index is 114. The maximum absolute atomic E-state index is 2.43. The van der Waals surface area contributed by atoms with E-state index in [-0.39, 0.29) is 0 Å². The molecule has 13 heavy (non-hydrogen) atoms. The molecule has 0 saturated heterocycles. The van der Waals surface area contributed by atoms with Crippen molar-refractivity contribution < 1.29 is 0 Å². The summed E-state index contributed by atoms with van der Waals surface area (Å²) >= 11 is 0. The highest BCUT2D eigenvalue weighted by Crippen LogP contribution is 2.26. The zero-order chi connectivity index (χ0) is 9.68. The third-order valence-corrected chi connectivity index (χ3v) is 3.59. The fraction of sp³-hybridized carbons (Fsp3) is 1.00. The van der Waals surface area contributed by atoms with Gasteiger partial charge in [0.1, 0.15) is 0 Å². The van der Waals surface area contributed by atoms with E-state index in [2.05, 4.69) is 20.8 Å². The van der Waals surface area contributed by atoms with Crippen LogP contribution in [0.25, 0.3) is 0 Å². The van der Waals surface area contributed by atoms with Crippen LogP contribution in [-0.4, -0.2) is 0 Å². The summed E-state index contributed by atoms with van der Waals surface area (Å²) < 4.78 is 0. The average Bonchev–Trinajstić information content (AvgIpc) is 2.03. The second kappa shape index (κ2) is 5.67. The van der Waals surface area contributed by atoms with Gasteiger partial charge < -0.3 is 0 Å². The Labute approximate surface area is 84.1 Å². The minimum absolute atomic E-state index is 0.972. The van der Waals surface area contributed by atoms with Crippen molar-refractivity contribution in [2.45, 2.75) is 65.7 Å². The zero-order valence-corrected chi connectivity index (χ0v) is 9.68. The van der Waals surface area contributed by atoms with Crippen molar-refractivity contribution in [3.05, 3.63) is 0 Å². The van der Waals surface area contributed by atoms with Crippen LogP contribution in [0.3, 0.4) is 0 Å². The van der Waals surface area contributed by atoms with Gasteiger partial charge in [-0.05, 0) is 24.2 Å². The number of hydrogen-bond donors (Lipinski definition) is 0. The maximum atomic E-state index is 2.43. The Balaban J connectivity index is 2.32. The first-order valence-corrected chi connectivity index (χ1v) is 6.18. The first kappa shape index (κ1) is 11.1. The molecule has 1 rings (SSSR count). The molecule has 0 aliphatic heterocycles. The monoisotopic (exact) mass is 182 g/mol. The summed E-state index contributed by atoms with van der Waals surface area (Å²) in [4.78, 5) is 0. The van der Waals surface area contributed by atoms with E-state index in [9.17, 15) is 0 Å². The lowest BCUT2D eigenvalue weighted by molar-refractivity contribution is 0.316. The molecule has 1 aliphatic carbocycles. The molecule has 78 valence electrons. The van der Waals surface area contributed by atoms with Crippen LogP contribution in [0.5, 0.6) is 0 Å². The Hall–Kier alpha value is 0. The van der Waals surface area contributed by atoms with Crippen molar-refractivity contribution >= 4 is 0 Å². The van der Waals surface area contributed by atoms with Crippen LogP contribution in [0.15, 0.2) is 0 Å². The Morgan fingerprint density at radius 1 is 0.615 bits per heavy atom. The summed E-state index contributed by atoms with van der Waals surface area (Å²) in [6.07, 6.45) is 10.3. The smallest absolute Gasteiger partial charge is 0.0440 e. The van der Waals surface area contributed by atoms with Gasteiger partial charge in [0.25, 0.3) is 0 Å². The molecule has 0 amide bonds.